The van der Waals surface area contributed by atoms with Crippen LogP contribution in [-0.4, -0.2) is 36.8 Å². The Balaban J connectivity index is 0.000000322. The first-order valence-corrected chi connectivity index (χ1v) is 11.6. The smallest absolute Gasteiger partial charge is 0.330 e. The molecule has 23 heavy (non-hydrogen) atoms. The summed E-state index contributed by atoms with van der Waals surface area (Å²) in [5.41, 5.74) is 5.92. The van der Waals surface area contributed by atoms with Crippen LogP contribution in [0.15, 0.2) is 18.7 Å². The van der Waals surface area contributed by atoms with Crippen molar-refractivity contribution in [3.05, 3.63) is 41.0 Å². The molecule has 1 heterocycles. The summed E-state index contributed by atoms with van der Waals surface area (Å²) in [4.78, 5) is 10.1. The maximum atomic E-state index is 10.1. The quantitative estimate of drug-likeness (QED) is 0.479. The lowest BCUT2D eigenvalue weighted by Crippen LogP contribution is -2.43. The molecule has 0 aliphatic carbocycles. The van der Waals surface area contributed by atoms with Crippen LogP contribution >= 0.6 is 0 Å². The van der Waals surface area contributed by atoms with E-state index in [1.165, 1.54) is 34.7 Å². The number of benzene rings is 1. The van der Waals surface area contributed by atoms with Gasteiger partial charge < -0.3 is 9.16 Å². The van der Waals surface area contributed by atoms with E-state index in [4.69, 9.17) is 4.43 Å². The molecule has 0 saturated carbocycles. The highest BCUT2D eigenvalue weighted by Gasteiger charge is 2.23. The zero-order chi connectivity index (χ0) is 17.4. The minimum Gasteiger partial charge on any atom is -0.463 e. The molecule has 1 aliphatic rings. The average Bonchev–Trinajstić information content (AvgIpc) is 2.57. The van der Waals surface area contributed by atoms with E-state index in [0.717, 1.165) is 22.0 Å². The molecule has 1 aromatic rings. The number of hydrogen-bond donors (Lipinski definition) is 0. The second kappa shape index (κ2) is 9.85. The van der Waals surface area contributed by atoms with Crippen LogP contribution in [0.4, 0.5) is 0 Å². The summed E-state index contributed by atoms with van der Waals surface area (Å²) in [5, 5.41) is 1.63. The number of ether oxygens (including phenoxy) is 1. The monoisotopic (exact) mass is 347 g/mol. The number of carbonyl (C=O) groups excluding carboxylic acids is 1. The van der Waals surface area contributed by atoms with Crippen molar-refractivity contribution < 1.29 is 14.0 Å². The predicted octanol–water partition coefficient (Wildman–Crippen LogP) is 2.89. The first kappa shape index (κ1) is 19.9. The third-order valence-corrected chi connectivity index (χ3v) is 9.48. The molecule has 0 unspecified atom stereocenters. The van der Waals surface area contributed by atoms with E-state index in [2.05, 4.69) is 45.1 Å². The average molecular weight is 348 g/mol. The second-order valence-electron chi connectivity index (χ2n) is 5.60. The molecule has 5 heteroatoms. The van der Waals surface area contributed by atoms with Crippen LogP contribution in [-0.2, 0) is 14.0 Å². The Morgan fingerprint density at radius 2 is 2.04 bits per heavy atom. The molecular formula is C18H27O3Si2. The van der Waals surface area contributed by atoms with Gasteiger partial charge in [0.05, 0.1) is 6.61 Å². The van der Waals surface area contributed by atoms with Crippen molar-refractivity contribution in [2.75, 3.05) is 13.2 Å². The van der Waals surface area contributed by atoms with Gasteiger partial charge in [0.25, 0.3) is 0 Å². The molecule has 1 aliphatic heterocycles. The van der Waals surface area contributed by atoms with Crippen molar-refractivity contribution in [1.82, 2.24) is 0 Å². The lowest BCUT2D eigenvalue weighted by Gasteiger charge is -2.23. The topological polar surface area (TPSA) is 35.5 Å². The van der Waals surface area contributed by atoms with Gasteiger partial charge in [-0.1, -0.05) is 23.9 Å². The Morgan fingerprint density at radius 1 is 1.35 bits per heavy atom. The fourth-order valence-corrected chi connectivity index (χ4v) is 7.63. The summed E-state index contributed by atoms with van der Waals surface area (Å²) in [5.74, 6) is -0.359. The lowest BCUT2D eigenvalue weighted by molar-refractivity contribution is -0.137. The highest BCUT2D eigenvalue weighted by atomic mass is 29.2. The van der Waals surface area contributed by atoms with Gasteiger partial charge in [0.1, 0.15) is 8.31 Å². The number of aryl methyl sites for hydroxylation is 1. The van der Waals surface area contributed by atoms with Crippen molar-refractivity contribution in [3.8, 4) is 0 Å². The van der Waals surface area contributed by atoms with Gasteiger partial charge in [-0.15, -0.1) is 0 Å². The normalized spacial score (nSPS) is 14.7. The summed E-state index contributed by atoms with van der Waals surface area (Å²) in [6, 6.07) is 3.82. The van der Waals surface area contributed by atoms with E-state index in [0.29, 0.717) is 6.61 Å². The largest absolute Gasteiger partial charge is 0.463 e. The van der Waals surface area contributed by atoms with E-state index in [9.17, 15) is 4.79 Å². The Labute approximate surface area is 144 Å². The molecule has 3 radical (unpaired) electrons. The van der Waals surface area contributed by atoms with Gasteiger partial charge in [0, 0.05) is 12.7 Å². The van der Waals surface area contributed by atoms with Crippen LogP contribution in [0, 0.1) is 27.7 Å². The molecule has 1 saturated heterocycles. The Kier molecular flexibility index (Phi) is 8.51. The van der Waals surface area contributed by atoms with Crippen LogP contribution in [0.1, 0.15) is 35.6 Å². The summed E-state index contributed by atoms with van der Waals surface area (Å²) in [6.45, 7) is 15.4. The molecule has 0 aromatic heterocycles. The summed E-state index contributed by atoms with van der Waals surface area (Å²) in [6.07, 6.45) is 2.40. The predicted molar refractivity (Wildman–Crippen MR) is 98.7 cm³/mol. The maximum absolute atomic E-state index is 10.1. The van der Waals surface area contributed by atoms with Gasteiger partial charge in [0.15, 0.2) is 0 Å². The zero-order valence-electron chi connectivity index (χ0n) is 14.9. The van der Waals surface area contributed by atoms with Crippen molar-refractivity contribution in [2.45, 2.75) is 47.1 Å². The molecule has 1 aromatic carbocycles. The highest BCUT2D eigenvalue weighted by Crippen LogP contribution is 2.17. The van der Waals surface area contributed by atoms with Gasteiger partial charge in [-0.05, 0) is 63.3 Å². The Bertz CT molecular complexity index is 550. The first-order valence-electron chi connectivity index (χ1n) is 8.02. The molecule has 0 N–H and O–H groups in total. The SMILES string of the molecule is C=CC(=O)OCC.Cc1cc([Si]2CCCO[Si]2)c(C)c(C)c1C. The number of rotatable bonds is 3. The van der Waals surface area contributed by atoms with Gasteiger partial charge in [-0.3, -0.25) is 0 Å². The molecule has 0 amide bonds. The summed E-state index contributed by atoms with van der Waals surface area (Å²) < 4.78 is 10.1. The summed E-state index contributed by atoms with van der Waals surface area (Å²) >= 11 is 0. The fraction of sp³-hybridized carbons (Fsp3) is 0.500. The maximum Gasteiger partial charge on any atom is 0.330 e. The van der Waals surface area contributed by atoms with Crippen LogP contribution in [0.2, 0.25) is 6.04 Å². The highest BCUT2D eigenvalue weighted by molar-refractivity contribution is 7.17. The molecule has 125 valence electrons. The van der Waals surface area contributed by atoms with Crippen molar-refractivity contribution in [2.24, 2.45) is 0 Å². The number of hydrogen-bond acceptors (Lipinski definition) is 3. The van der Waals surface area contributed by atoms with E-state index >= 15 is 0 Å². The van der Waals surface area contributed by atoms with Gasteiger partial charge in [-0.2, -0.15) is 0 Å². The van der Waals surface area contributed by atoms with Crippen LogP contribution in [0.25, 0.3) is 0 Å². The standard InChI is InChI=1S/C13H19OSi2.C5H8O2/c1-9-8-13(12(4)11(3)10(9)2)16-7-5-6-14-15-16;1-3-5(6)7-4-2/h8H,5-7H2,1-4H3;3H,1,4H2,2H3. The van der Waals surface area contributed by atoms with Gasteiger partial charge in [0.2, 0.25) is 9.28 Å². The fourth-order valence-electron chi connectivity index (χ4n) is 2.43. The molecule has 0 bridgehead atoms. The molecule has 3 nitrogen and oxygen atoms in total. The van der Waals surface area contributed by atoms with Crippen molar-refractivity contribution >= 4 is 28.8 Å². The van der Waals surface area contributed by atoms with Crippen molar-refractivity contribution in [3.63, 3.8) is 0 Å². The van der Waals surface area contributed by atoms with E-state index < -0.39 is 8.31 Å². The first-order chi connectivity index (χ1) is 10.9. The molecule has 2 rings (SSSR count). The van der Waals surface area contributed by atoms with Gasteiger partial charge >= 0.3 is 5.97 Å². The minimum absolute atomic E-state index is 0.359. The second-order valence-corrected chi connectivity index (χ2v) is 10.5. The third kappa shape index (κ3) is 5.75. The third-order valence-electron chi connectivity index (χ3n) is 4.13. The minimum atomic E-state index is -0.411. The summed E-state index contributed by atoms with van der Waals surface area (Å²) in [7, 11) is 0.347. The molecule has 0 spiro atoms. The van der Waals surface area contributed by atoms with Crippen LogP contribution < -0.4 is 5.19 Å². The molecule has 1 fully saturated rings. The van der Waals surface area contributed by atoms with Crippen molar-refractivity contribution in [1.29, 1.82) is 0 Å². The molecular weight excluding hydrogens is 320 g/mol. The number of carbonyl (C=O) groups is 1. The molecule has 0 atom stereocenters. The lowest BCUT2D eigenvalue weighted by atomic mass is 10.00. The number of esters is 1. The van der Waals surface area contributed by atoms with E-state index in [-0.39, 0.29) is 5.97 Å². The van der Waals surface area contributed by atoms with Gasteiger partial charge in [-0.25, -0.2) is 4.79 Å². The zero-order valence-corrected chi connectivity index (χ0v) is 16.9. The Morgan fingerprint density at radius 3 is 2.52 bits per heavy atom. The van der Waals surface area contributed by atoms with E-state index in [1.807, 2.05) is 0 Å². The van der Waals surface area contributed by atoms with E-state index in [1.54, 1.807) is 12.1 Å². The van der Waals surface area contributed by atoms with Crippen LogP contribution in [0.3, 0.4) is 0 Å². The van der Waals surface area contributed by atoms with Crippen LogP contribution in [0.5, 0.6) is 0 Å². The Hall–Kier alpha value is -1.18.